The Morgan fingerprint density at radius 3 is 2.73 bits per heavy atom. The Hall–Kier alpha value is -3.13. The van der Waals surface area contributed by atoms with E-state index in [-0.39, 0.29) is 11.4 Å². The van der Waals surface area contributed by atoms with Crippen molar-refractivity contribution in [2.45, 2.75) is 18.8 Å². The van der Waals surface area contributed by atoms with E-state index in [2.05, 4.69) is 20.2 Å². The lowest BCUT2D eigenvalue weighted by Crippen LogP contribution is -2.37. The molecule has 0 atom stereocenters. The number of rotatable bonds is 3. The van der Waals surface area contributed by atoms with Crippen LogP contribution in [-0.4, -0.2) is 32.6 Å². The normalized spacial score (nSPS) is 15.1. The lowest BCUT2D eigenvalue weighted by molar-refractivity contribution is 0.496. The van der Waals surface area contributed by atoms with Gasteiger partial charge in [-0.2, -0.15) is 0 Å². The van der Waals surface area contributed by atoms with E-state index in [1.807, 2.05) is 6.07 Å². The zero-order chi connectivity index (χ0) is 20.7. The Balaban J connectivity index is 1.40. The molecule has 0 N–H and O–H groups in total. The number of piperidine rings is 1. The van der Waals surface area contributed by atoms with Crippen molar-refractivity contribution in [3.8, 4) is 11.4 Å². The first-order valence-corrected chi connectivity index (χ1v) is 10.7. The summed E-state index contributed by atoms with van der Waals surface area (Å²) in [7, 11) is 1.75. The lowest BCUT2D eigenvalue weighted by Gasteiger charge is -2.33. The van der Waals surface area contributed by atoms with Gasteiger partial charge < -0.3 is 4.90 Å². The number of halogens is 1. The van der Waals surface area contributed by atoms with Crippen LogP contribution in [0.4, 0.5) is 10.3 Å². The van der Waals surface area contributed by atoms with Gasteiger partial charge >= 0.3 is 0 Å². The molecule has 8 heteroatoms. The van der Waals surface area contributed by atoms with Crippen LogP contribution in [-0.2, 0) is 7.05 Å². The van der Waals surface area contributed by atoms with Crippen molar-refractivity contribution < 1.29 is 4.39 Å². The summed E-state index contributed by atoms with van der Waals surface area (Å²) in [4.78, 5) is 27.6. The standard InChI is InChI=1S/C22H20FN5OS/c1-27-21(29)11-19(18-4-7-24-13-25-18)26-22(27)28-8-5-14(6-9-28)17-12-30-20-10-15(23)2-3-16(17)20/h2-4,7,10-14H,5-6,8-9H2,1H3. The number of fused-ring (bicyclic) bond motifs is 1. The van der Waals surface area contributed by atoms with Crippen molar-refractivity contribution in [3.63, 3.8) is 0 Å². The molecule has 0 radical (unpaired) electrons. The average Bonchev–Trinajstić information content (AvgIpc) is 3.19. The minimum Gasteiger partial charge on any atom is -0.342 e. The fourth-order valence-corrected chi connectivity index (χ4v) is 5.18. The van der Waals surface area contributed by atoms with Crippen LogP contribution < -0.4 is 10.5 Å². The molecule has 0 bridgehead atoms. The van der Waals surface area contributed by atoms with Gasteiger partial charge in [-0.3, -0.25) is 9.36 Å². The summed E-state index contributed by atoms with van der Waals surface area (Å²) in [5.74, 6) is 0.885. The highest BCUT2D eigenvalue weighted by molar-refractivity contribution is 7.17. The minimum absolute atomic E-state index is 0.110. The Morgan fingerprint density at radius 2 is 1.97 bits per heavy atom. The topological polar surface area (TPSA) is 63.9 Å². The molecule has 1 aromatic carbocycles. The molecule has 30 heavy (non-hydrogen) atoms. The van der Waals surface area contributed by atoms with E-state index in [0.717, 1.165) is 36.0 Å². The second-order valence-corrected chi connectivity index (χ2v) is 8.44. The first kappa shape index (κ1) is 18.9. The highest BCUT2D eigenvalue weighted by Gasteiger charge is 2.25. The summed E-state index contributed by atoms with van der Waals surface area (Å²) < 4.78 is 16.1. The Morgan fingerprint density at radius 1 is 1.13 bits per heavy atom. The summed E-state index contributed by atoms with van der Waals surface area (Å²) >= 11 is 1.60. The summed E-state index contributed by atoms with van der Waals surface area (Å²) in [5, 5.41) is 3.31. The van der Waals surface area contributed by atoms with Crippen LogP contribution >= 0.6 is 11.3 Å². The van der Waals surface area contributed by atoms with Crippen LogP contribution in [0.2, 0.25) is 0 Å². The highest BCUT2D eigenvalue weighted by atomic mass is 32.1. The molecular formula is C22H20FN5OS. The summed E-state index contributed by atoms with van der Waals surface area (Å²) in [6.07, 6.45) is 5.01. The number of hydrogen-bond acceptors (Lipinski definition) is 6. The van der Waals surface area contributed by atoms with E-state index in [1.165, 1.54) is 24.0 Å². The van der Waals surface area contributed by atoms with Gasteiger partial charge in [0.2, 0.25) is 5.95 Å². The fourth-order valence-electron chi connectivity index (χ4n) is 4.11. The Bertz CT molecular complexity index is 1260. The van der Waals surface area contributed by atoms with Gasteiger partial charge in [0, 0.05) is 37.1 Å². The van der Waals surface area contributed by atoms with Crippen LogP contribution in [0.3, 0.4) is 0 Å². The molecule has 5 rings (SSSR count). The van der Waals surface area contributed by atoms with Crippen LogP contribution in [0.5, 0.6) is 0 Å². The number of thiophene rings is 1. The molecule has 6 nitrogen and oxygen atoms in total. The van der Waals surface area contributed by atoms with E-state index in [9.17, 15) is 9.18 Å². The lowest BCUT2D eigenvalue weighted by atomic mass is 9.89. The number of hydrogen-bond donors (Lipinski definition) is 0. The summed E-state index contributed by atoms with van der Waals surface area (Å²) in [6.45, 7) is 1.60. The van der Waals surface area contributed by atoms with Crippen molar-refractivity contribution >= 4 is 27.4 Å². The highest BCUT2D eigenvalue weighted by Crippen LogP contribution is 2.37. The van der Waals surface area contributed by atoms with Crippen LogP contribution in [0.25, 0.3) is 21.5 Å². The van der Waals surface area contributed by atoms with Crippen molar-refractivity contribution in [2.75, 3.05) is 18.0 Å². The van der Waals surface area contributed by atoms with Crippen LogP contribution in [0, 0.1) is 5.82 Å². The molecule has 152 valence electrons. The van der Waals surface area contributed by atoms with Crippen molar-refractivity contribution in [1.82, 2.24) is 19.5 Å². The number of nitrogens with zero attached hydrogens (tertiary/aromatic N) is 5. The summed E-state index contributed by atoms with van der Waals surface area (Å²) in [6, 6.07) is 8.29. The smallest absolute Gasteiger partial charge is 0.255 e. The molecule has 1 aliphatic rings. The monoisotopic (exact) mass is 421 g/mol. The van der Waals surface area contributed by atoms with Crippen molar-refractivity contribution in [3.05, 3.63) is 70.0 Å². The first-order chi connectivity index (χ1) is 14.6. The fraction of sp³-hybridized carbons (Fsp3) is 0.273. The van der Waals surface area contributed by atoms with Gasteiger partial charge in [-0.15, -0.1) is 11.3 Å². The third-order valence-electron chi connectivity index (χ3n) is 5.74. The second-order valence-electron chi connectivity index (χ2n) is 7.53. The van der Waals surface area contributed by atoms with Crippen LogP contribution in [0.1, 0.15) is 24.3 Å². The molecule has 0 unspecified atom stereocenters. The zero-order valence-electron chi connectivity index (χ0n) is 16.5. The molecule has 1 saturated heterocycles. The van der Waals surface area contributed by atoms with Gasteiger partial charge in [0.05, 0.1) is 11.4 Å². The van der Waals surface area contributed by atoms with E-state index < -0.39 is 0 Å². The van der Waals surface area contributed by atoms with E-state index in [4.69, 9.17) is 4.98 Å². The van der Waals surface area contributed by atoms with Gasteiger partial charge in [-0.1, -0.05) is 6.07 Å². The van der Waals surface area contributed by atoms with Gasteiger partial charge in [-0.05, 0) is 53.3 Å². The molecule has 0 aliphatic carbocycles. The molecular weight excluding hydrogens is 401 g/mol. The maximum absolute atomic E-state index is 13.5. The predicted molar refractivity (Wildman–Crippen MR) is 116 cm³/mol. The maximum Gasteiger partial charge on any atom is 0.255 e. The quantitative estimate of drug-likeness (QED) is 0.501. The number of aromatic nitrogens is 4. The largest absolute Gasteiger partial charge is 0.342 e. The number of benzene rings is 1. The Kier molecular flexibility index (Phi) is 4.78. The molecule has 4 heterocycles. The van der Waals surface area contributed by atoms with Crippen molar-refractivity contribution in [1.29, 1.82) is 0 Å². The van der Waals surface area contributed by atoms with Gasteiger partial charge in [0.1, 0.15) is 12.1 Å². The van der Waals surface area contributed by atoms with Crippen LogP contribution in [0.15, 0.2) is 53.0 Å². The zero-order valence-corrected chi connectivity index (χ0v) is 17.3. The molecule has 0 spiro atoms. The van der Waals surface area contributed by atoms with E-state index in [1.54, 1.807) is 41.3 Å². The average molecular weight is 422 g/mol. The molecule has 0 amide bonds. The van der Waals surface area contributed by atoms with E-state index in [0.29, 0.717) is 23.3 Å². The van der Waals surface area contributed by atoms with Crippen molar-refractivity contribution in [2.24, 2.45) is 7.05 Å². The van der Waals surface area contributed by atoms with Gasteiger partial charge in [0.15, 0.2) is 0 Å². The van der Waals surface area contributed by atoms with Gasteiger partial charge in [0.25, 0.3) is 5.56 Å². The third-order valence-corrected chi connectivity index (χ3v) is 6.70. The molecule has 1 aliphatic heterocycles. The minimum atomic E-state index is -0.193. The molecule has 1 fully saturated rings. The molecule has 3 aromatic heterocycles. The Labute approximate surface area is 176 Å². The molecule has 0 saturated carbocycles. The van der Waals surface area contributed by atoms with Gasteiger partial charge in [-0.25, -0.2) is 19.3 Å². The predicted octanol–water partition coefficient (Wildman–Crippen LogP) is 3.98. The molecule has 4 aromatic rings. The third kappa shape index (κ3) is 3.37. The van der Waals surface area contributed by atoms with E-state index >= 15 is 0 Å². The maximum atomic E-state index is 13.5. The SMILES string of the molecule is Cn1c(N2CCC(c3csc4cc(F)ccc34)CC2)nc(-c2ccncn2)cc1=O. The summed E-state index contributed by atoms with van der Waals surface area (Å²) in [5.41, 5.74) is 2.38. The second kappa shape index (κ2) is 7.60. The number of anilines is 1. The first-order valence-electron chi connectivity index (χ1n) is 9.86.